The molecule has 0 aliphatic carbocycles. The summed E-state index contributed by atoms with van der Waals surface area (Å²) in [7, 11) is 1.69. The normalized spacial score (nSPS) is 20.9. The molecule has 0 spiro atoms. The zero-order valence-corrected chi connectivity index (χ0v) is 21.5. The second kappa shape index (κ2) is 10.4. The quantitative estimate of drug-likeness (QED) is 0.508. The lowest BCUT2D eigenvalue weighted by atomic mass is 9.96. The van der Waals surface area contributed by atoms with E-state index in [1.807, 2.05) is 12.1 Å². The van der Waals surface area contributed by atoms with Crippen molar-refractivity contribution in [2.75, 3.05) is 33.4 Å². The van der Waals surface area contributed by atoms with Crippen LogP contribution in [0.15, 0.2) is 30.5 Å². The highest BCUT2D eigenvalue weighted by atomic mass is 16.5. The van der Waals surface area contributed by atoms with E-state index in [1.54, 1.807) is 13.3 Å². The second-order valence-electron chi connectivity index (χ2n) is 10.3. The van der Waals surface area contributed by atoms with Crippen molar-refractivity contribution in [3.63, 3.8) is 0 Å². The van der Waals surface area contributed by atoms with Crippen LogP contribution in [0.1, 0.15) is 66.0 Å². The molecule has 1 amide bonds. The summed E-state index contributed by atoms with van der Waals surface area (Å²) >= 11 is 0. The van der Waals surface area contributed by atoms with E-state index >= 15 is 0 Å². The van der Waals surface area contributed by atoms with Gasteiger partial charge in [-0.05, 0) is 74.4 Å². The van der Waals surface area contributed by atoms with E-state index in [0.29, 0.717) is 36.8 Å². The molecule has 2 aromatic rings. The summed E-state index contributed by atoms with van der Waals surface area (Å²) < 4.78 is 11.0. The number of piperazine rings is 1. The average Bonchev–Trinajstić information content (AvgIpc) is 3.42. The fourth-order valence-electron chi connectivity index (χ4n) is 5.52. The number of aromatic nitrogens is 1. The molecule has 3 atom stereocenters. The molecule has 0 saturated carbocycles. The van der Waals surface area contributed by atoms with Gasteiger partial charge in [0.1, 0.15) is 12.4 Å². The van der Waals surface area contributed by atoms with Gasteiger partial charge >= 0.3 is 0 Å². The van der Waals surface area contributed by atoms with Gasteiger partial charge in [-0.1, -0.05) is 19.9 Å². The number of likely N-dealkylation sites (tertiary alicyclic amines) is 2. The molecule has 34 heavy (non-hydrogen) atoms. The first-order valence-electron chi connectivity index (χ1n) is 12.5. The van der Waals surface area contributed by atoms with E-state index in [2.05, 4.69) is 61.5 Å². The summed E-state index contributed by atoms with van der Waals surface area (Å²) in [5.41, 5.74) is 5.57. The molecule has 2 aliphatic heterocycles. The van der Waals surface area contributed by atoms with Gasteiger partial charge in [0, 0.05) is 50.2 Å². The zero-order chi connectivity index (χ0) is 24.4. The van der Waals surface area contributed by atoms with Gasteiger partial charge in [0.15, 0.2) is 0 Å². The Labute approximate surface area is 204 Å². The van der Waals surface area contributed by atoms with Crippen LogP contribution in [0.2, 0.25) is 0 Å². The van der Waals surface area contributed by atoms with Gasteiger partial charge in [0.2, 0.25) is 0 Å². The van der Waals surface area contributed by atoms with Crippen molar-refractivity contribution >= 4 is 5.91 Å². The number of methoxy groups -OCH3 is 1. The van der Waals surface area contributed by atoms with Gasteiger partial charge in [-0.2, -0.15) is 0 Å². The van der Waals surface area contributed by atoms with Crippen molar-refractivity contribution in [3.05, 3.63) is 58.4 Å². The molecule has 1 aromatic carbocycles. The minimum atomic E-state index is 0.119. The first-order valence-corrected chi connectivity index (χ1v) is 12.5. The largest absolute Gasteiger partial charge is 0.491 e. The number of amides is 1. The second-order valence-corrected chi connectivity index (χ2v) is 10.3. The summed E-state index contributed by atoms with van der Waals surface area (Å²) in [6.07, 6.45) is 3.74. The van der Waals surface area contributed by atoms with E-state index in [4.69, 9.17) is 9.47 Å². The summed E-state index contributed by atoms with van der Waals surface area (Å²) in [4.78, 5) is 22.4. The van der Waals surface area contributed by atoms with E-state index in [1.165, 1.54) is 16.7 Å². The lowest BCUT2D eigenvalue weighted by Gasteiger charge is -2.38. The highest BCUT2D eigenvalue weighted by Crippen LogP contribution is 2.39. The summed E-state index contributed by atoms with van der Waals surface area (Å²) in [5, 5.41) is 0. The highest BCUT2D eigenvalue weighted by Gasteiger charge is 2.47. The van der Waals surface area contributed by atoms with Crippen LogP contribution in [0.5, 0.6) is 5.75 Å². The molecule has 2 bridgehead atoms. The summed E-state index contributed by atoms with van der Waals surface area (Å²) in [6.45, 7) is 13.8. The molecule has 6 nitrogen and oxygen atoms in total. The molecule has 1 aromatic heterocycles. The standard InChI is InChI=1S/C28H39N3O3/c1-18(2)13-23-8-7-22(15-29-23)28(32)31-17-24-14-25(31)16-30(24)21(5)26-9-10-27(20(4)19(26)3)34-12-11-33-6/h7-10,15,18,21,24-25H,11-14,16-17H2,1-6H3/t21-,24-,25-/m0/s1. The van der Waals surface area contributed by atoms with Crippen LogP contribution >= 0.6 is 0 Å². The lowest BCUT2D eigenvalue weighted by Crippen LogP contribution is -2.49. The number of fused-ring (bicyclic) bond motifs is 2. The van der Waals surface area contributed by atoms with Crippen molar-refractivity contribution < 1.29 is 14.3 Å². The summed E-state index contributed by atoms with van der Waals surface area (Å²) in [5.74, 6) is 1.61. The average molecular weight is 466 g/mol. The van der Waals surface area contributed by atoms with Crippen molar-refractivity contribution in [1.29, 1.82) is 0 Å². The van der Waals surface area contributed by atoms with Crippen molar-refractivity contribution in [3.8, 4) is 5.75 Å². The molecule has 6 heteroatoms. The first kappa shape index (κ1) is 24.7. The highest BCUT2D eigenvalue weighted by molar-refractivity contribution is 5.94. The van der Waals surface area contributed by atoms with Crippen molar-refractivity contribution in [2.24, 2.45) is 5.92 Å². The van der Waals surface area contributed by atoms with E-state index < -0.39 is 0 Å². The number of nitrogens with zero attached hydrogens (tertiary/aromatic N) is 3. The van der Waals surface area contributed by atoms with Crippen molar-refractivity contribution in [2.45, 2.75) is 65.6 Å². The molecule has 0 unspecified atom stereocenters. The number of hydrogen-bond donors (Lipinski definition) is 0. The van der Waals surface area contributed by atoms with Gasteiger partial charge in [0.25, 0.3) is 5.91 Å². The Hall–Kier alpha value is -2.44. The Bertz CT molecular complexity index is 1000. The monoisotopic (exact) mass is 465 g/mol. The first-order chi connectivity index (χ1) is 16.3. The predicted molar refractivity (Wildman–Crippen MR) is 134 cm³/mol. The maximum absolute atomic E-state index is 13.2. The molecule has 184 valence electrons. The van der Waals surface area contributed by atoms with Gasteiger partial charge in [-0.25, -0.2) is 0 Å². The van der Waals surface area contributed by atoms with Crippen molar-refractivity contribution in [1.82, 2.24) is 14.8 Å². The number of carbonyl (C=O) groups excluding carboxylic acids is 1. The van der Waals surface area contributed by atoms with Crippen LogP contribution in [0.4, 0.5) is 0 Å². The number of rotatable bonds is 9. The molecule has 2 saturated heterocycles. The summed E-state index contributed by atoms with van der Waals surface area (Å²) in [6, 6.07) is 9.21. The van der Waals surface area contributed by atoms with Crippen LogP contribution in [-0.4, -0.2) is 66.2 Å². The Balaban J connectivity index is 1.40. The molecule has 0 N–H and O–H groups in total. The smallest absolute Gasteiger partial charge is 0.255 e. The Morgan fingerprint density at radius 2 is 1.85 bits per heavy atom. The van der Waals surface area contributed by atoms with Gasteiger partial charge in [-0.15, -0.1) is 0 Å². The third kappa shape index (κ3) is 4.98. The maximum Gasteiger partial charge on any atom is 0.255 e. The fraction of sp³-hybridized carbons (Fsp3) is 0.571. The SMILES string of the molecule is COCCOc1ccc([C@H](C)N2C[C@@H]3C[C@H]2CN3C(=O)c2ccc(CC(C)C)nc2)c(C)c1C. The van der Waals surface area contributed by atoms with E-state index in [-0.39, 0.29) is 11.9 Å². The molecule has 0 radical (unpaired) electrons. The molecule has 2 fully saturated rings. The number of ether oxygens (including phenoxy) is 2. The Kier molecular flexibility index (Phi) is 7.58. The number of pyridine rings is 1. The Morgan fingerprint density at radius 3 is 2.47 bits per heavy atom. The minimum absolute atomic E-state index is 0.119. The lowest BCUT2D eigenvalue weighted by molar-refractivity contribution is 0.0568. The number of carbonyl (C=O) groups is 1. The molecule has 2 aliphatic rings. The fourth-order valence-corrected chi connectivity index (χ4v) is 5.52. The van der Waals surface area contributed by atoms with Gasteiger partial charge in [-0.3, -0.25) is 14.7 Å². The van der Waals surface area contributed by atoms with Gasteiger partial charge in [0.05, 0.1) is 12.2 Å². The van der Waals surface area contributed by atoms with Crippen LogP contribution < -0.4 is 4.74 Å². The molecule has 3 heterocycles. The van der Waals surface area contributed by atoms with E-state index in [9.17, 15) is 4.79 Å². The molecular formula is C28H39N3O3. The van der Waals surface area contributed by atoms with Crippen LogP contribution in [0.25, 0.3) is 0 Å². The Morgan fingerprint density at radius 1 is 1.06 bits per heavy atom. The van der Waals surface area contributed by atoms with Crippen LogP contribution in [0, 0.1) is 19.8 Å². The molecular weight excluding hydrogens is 426 g/mol. The van der Waals surface area contributed by atoms with Gasteiger partial charge < -0.3 is 14.4 Å². The number of hydrogen-bond acceptors (Lipinski definition) is 5. The van der Waals surface area contributed by atoms with E-state index in [0.717, 1.165) is 37.4 Å². The van der Waals surface area contributed by atoms with Crippen LogP contribution in [0.3, 0.4) is 0 Å². The third-order valence-corrected chi connectivity index (χ3v) is 7.50. The minimum Gasteiger partial charge on any atom is -0.491 e. The number of benzene rings is 1. The zero-order valence-electron chi connectivity index (χ0n) is 21.5. The third-order valence-electron chi connectivity index (χ3n) is 7.50. The predicted octanol–water partition coefficient (Wildman–Crippen LogP) is 4.58. The maximum atomic E-state index is 13.2. The molecule has 4 rings (SSSR count). The topological polar surface area (TPSA) is 54.9 Å². The van der Waals surface area contributed by atoms with Crippen LogP contribution in [-0.2, 0) is 11.2 Å².